The standard InChI is InChI=1S/C14H20N6O/c1-11(6-7-15)4-5-13(21)19-12-3-2-8-17-14(12)20-10-16-9-18-20/h2-3,8-11H,4-7,15H2,1H3,(H,19,21). The lowest BCUT2D eigenvalue weighted by molar-refractivity contribution is -0.116. The highest BCUT2D eigenvalue weighted by atomic mass is 16.1. The van der Waals surface area contributed by atoms with E-state index in [0.717, 1.165) is 12.8 Å². The Morgan fingerprint density at radius 1 is 1.48 bits per heavy atom. The Bertz CT molecular complexity index is 569. The molecule has 2 aromatic rings. The Kier molecular flexibility index (Phi) is 5.39. The van der Waals surface area contributed by atoms with Crippen molar-refractivity contribution >= 4 is 11.6 Å². The van der Waals surface area contributed by atoms with Gasteiger partial charge in [-0.05, 0) is 37.4 Å². The topological polar surface area (TPSA) is 98.7 Å². The minimum absolute atomic E-state index is 0.0340. The number of nitrogens with zero attached hydrogens (tertiary/aromatic N) is 4. The molecule has 0 saturated heterocycles. The van der Waals surface area contributed by atoms with Crippen molar-refractivity contribution in [3.63, 3.8) is 0 Å². The Labute approximate surface area is 123 Å². The molecule has 1 unspecified atom stereocenters. The van der Waals surface area contributed by atoms with Crippen LogP contribution in [-0.2, 0) is 4.79 Å². The van der Waals surface area contributed by atoms with Crippen LogP contribution in [0.15, 0.2) is 31.0 Å². The van der Waals surface area contributed by atoms with E-state index in [-0.39, 0.29) is 5.91 Å². The van der Waals surface area contributed by atoms with E-state index in [1.165, 1.54) is 11.0 Å². The van der Waals surface area contributed by atoms with Gasteiger partial charge >= 0.3 is 0 Å². The van der Waals surface area contributed by atoms with E-state index in [2.05, 4.69) is 27.3 Å². The fourth-order valence-corrected chi connectivity index (χ4v) is 2.01. The summed E-state index contributed by atoms with van der Waals surface area (Å²) in [4.78, 5) is 20.1. The van der Waals surface area contributed by atoms with Gasteiger partial charge < -0.3 is 11.1 Å². The van der Waals surface area contributed by atoms with Crippen molar-refractivity contribution in [3.05, 3.63) is 31.0 Å². The first kappa shape index (κ1) is 15.1. The van der Waals surface area contributed by atoms with E-state index in [1.54, 1.807) is 24.7 Å². The van der Waals surface area contributed by atoms with Crippen molar-refractivity contribution in [1.29, 1.82) is 0 Å². The summed E-state index contributed by atoms with van der Waals surface area (Å²) in [6.07, 6.45) is 6.84. The zero-order valence-corrected chi connectivity index (χ0v) is 12.1. The molecule has 0 fully saturated rings. The number of aromatic nitrogens is 4. The highest BCUT2D eigenvalue weighted by molar-refractivity contribution is 5.92. The quantitative estimate of drug-likeness (QED) is 0.801. The lowest BCUT2D eigenvalue weighted by Crippen LogP contribution is -2.16. The first-order valence-corrected chi connectivity index (χ1v) is 7.00. The number of hydrogen-bond donors (Lipinski definition) is 2. The van der Waals surface area contributed by atoms with Gasteiger partial charge in [0.25, 0.3) is 0 Å². The number of carbonyl (C=O) groups is 1. The number of pyridine rings is 1. The molecule has 1 amide bonds. The molecule has 0 spiro atoms. The first-order valence-electron chi connectivity index (χ1n) is 7.00. The normalized spacial score (nSPS) is 12.1. The van der Waals surface area contributed by atoms with Gasteiger partial charge in [-0.3, -0.25) is 4.79 Å². The van der Waals surface area contributed by atoms with Crippen molar-refractivity contribution in [2.45, 2.75) is 26.2 Å². The molecule has 0 aromatic carbocycles. The molecule has 7 heteroatoms. The summed E-state index contributed by atoms with van der Waals surface area (Å²) in [5, 5.41) is 6.91. The van der Waals surface area contributed by atoms with Crippen molar-refractivity contribution in [2.24, 2.45) is 11.7 Å². The van der Waals surface area contributed by atoms with E-state index in [1.807, 2.05) is 0 Å². The maximum Gasteiger partial charge on any atom is 0.224 e. The van der Waals surface area contributed by atoms with Crippen molar-refractivity contribution < 1.29 is 4.79 Å². The van der Waals surface area contributed by atoms with Crippen LogP contribution in [0.2, 0.25) is 0 Å². The molecule has 2 heterocycles. The first-order chi connectivity index (χ1) is 10.2. The second-order valence-corrected chi connectivity index (χ2v) is 4.98. The summed E-state index contributed by atoms with van der Waals surface area (Å²) in [7, 11) is 0. The van der Waals surface area contributed by atoms with Crippen molar-refractivity contribution in [2.75, 3.05) is 11.9 Å². The van der Waals surface area contributed by atoms with Crippen LogP contribution >= 0.6 is 0 Å². The van der Waals surface area contributed by atoms with Crippen LogP contribution in [0.4, 0.5) is 5.69 Å². The van der Waals surface area contributed by atoms with E-state index < -0.39 is 0 Å². The highest BCUT2D eigenvalue weighted by Crippen LogP contribution is 2.17. The van der Waals surface area contributed by atoms with Gasteiger partial charge in [-0.25, -0.2) is 14.6 Å². The van der Waals surface area contributed by atoms with Crippen LogP contribution in [0.1, 0.15) is 26.2 Å². The van der Waals surface area contributed by atoms with Gasteiger partial charge in [0.15, 0.2) is 5.82 Å². The molecule has 0 aliphatic heterocycles. The summed E-state index contributed by atoms with van der Waals surface area (Å²) in [5.41, 5.74) is 6.13. The van der Waals surface area contributed by atoms with Gasteiger partial charge in [-0.1, -0.05) is 6.92 Å². The maximum absolute atomic E-state index is 12.0. The Hall–Kier alpha value is -2.28. The van der Waals surface area contributed by atoms with Crippen LogP contribution in [0, 0.1) is 5.92 Å². The molecule has 112 valence electrons. The molecule has 3 N–H and O–H groups in total. The van der Waals surface area contributed by atoms with Gasteiger partial charge in [0, 0.05) is 12.6 Å². The maximum atomic E-state index is 12.0. The number of rotatable bonds is 7. The molecule has 21 heavy (non-hydrogen) atoms. The summed E-state index contributed by atoms with van der Waals surface area (Å²) in [5.74, 6) is 0.969. The average Bonchev–Trinajstić information content (AvgIpc) is 3.00. The minimum Gasteiger partial charge on any atom is -0.330 e. The van der Waals surface area contributed by atoms with Gasteiger partial charge in [0.2, 0.25) is 5.91 Å². The third kappa shape index (κ3) is 4.35. The number of nitrogens with one attached hydrogen (secondary N) is 1. The van der Waals surface area contributed by atoms with Gasteiger partial charge in [-0.15, -0.1) is 0 Å². The van der Waals surface area contributed by atoms with E-state index in [4.69, 9.17) is 5.73 Å². The van der Waals surface area contributed by atoms with E-state index in [0.29, 0.717) is 30.4 Å². The highest BCUT2D eigenvalue weighted by Gasteiger charge is 2.11. The van der Waals surface area contributed by atoms with Crippen LogP contribution in [0.3, 0.4) is 0 Å². The summed E-state index contributed by atoms with van der Waals surface area (Å²) in [6.45, 7) is 2.76. The third-order valence-electron chi connectivity index (χ3n) is 3.22. The third-order valence-corrected chi connectivity index (χ3v) is 3.22. The van der Waals surface area contributed by atoms with Gasteiger partial charge in [0.05, 0.1) is 5.69 Å². The number of anilines is 1. The fourth-order valence-electron chi connectivity index (χ4n) is 2.01. The SMILES string of the molecule is CC(CCN)CCC(=O)Nc1cccnc1-n1cncn1. The molecule has 0 radical (unpaired) electrons. The van der Waals surface area contributed by atoms with Gasteiger partial charge in [0.1, 0.15) is 12.7 Å². The van der Waals surface area contributed by atoms with Crippen LogP contribution in [0.25, 0.3) is 5.82 Å². The van der Waals surface area contributed by atoms with Crippen molar-refractivity contribution in [1.82, 2.24) is 19.7 Å². The predicted octanol–water partition coefficient (Wildman–Crippen LogP) is 1.37. The zero-order valence-electron chi connectivity index (χ0n) is 12.1. The van der Waals surface area contributed by atoms with Crippen molar-refractivity contribution in [3.8, 4) is 5.82 Å². The molecular weight excluding hydrogens is 268 g/mol. The molecule has 2 aromatic heterocycles. The minimum atomic E-state index is -0.0340. The monoisotopic (exact) mass is 288 g/mol. The van der Waals surface area contributed by atoms with Crippen LogP contribution < -0.4 is 11.1 Å². The molecular formula is C14H20N6O. The predicted molar refractivity (Wildman–Crippen MR) is 79.9 cm³/mol. The van der Waals surface area contributed by atoms with E-state index in [9.17, 15) is 4.79 Å². The van der Waals surface area contributed by atoms with Gasteiger partial charge in [-0.2, -0.15) is 5.10 Å². The van der Waals surface area contributed by atoms with Crippen LogP contribution in [-0.4, -0.2) is 32.2 Å². The largest absolute Gasteiger partial charge is 0.330 e. The number of carbonyl (C=O) groups excluding carboxylic acids is 1. The lowest BCUT2D eigenvalue weighted by Gasteiger charge is -2.11. The zero-order chi connectivity index (χ0) is 15.1. The molecule has 1 atom stereocenters. The second-order valence-electron chi connectivity index (χ2n) is 4.98. The Morgan fingerprint density at radius 2 is 2.33 bits per heavy atom. The lowest BCUT2D eigenvalue weighted by atomic mass is 10.0. The number of hydrogen-bond acceptors (Lipinski definition) is 5. The summed E-state index contributed by atoms with van der Waals surface area (Å²) < 4.78 is 1.52. The number of nitrogens with two attached hydrogens (primary N) is 1. The summed E-state index contributed by atoms with van der Waals surface area (Å²) >= 11 is 0. The smallest absolute Gasteiger partial charge is 0.224 e. The average molecular weight is 288 g/mol. The molecule has 0 bridgehead atoms. The van der Waals surface area contributed by atoms with E-state index >= 15 is 0 Å². The Morgan fingerprint density at radius 3 is 3.05 bits per heavy atom. The molecule has 7 nitrogen and oxygen atoms in total. The molecule has 0 aliphatic carbocycles. The molecule has 0 saturated carbocycles. The fraction of sp³-hybridized carbons (Fsp3) is 0.429. The second kappa shape index (κ2) is 7.49. The van der Waals surface area contributed by atoms with Crippen LogP contribution in [0.5, 0.6) is 0 Å². The Balaban J connectivity index is 1.98. The molecule has 2 rings (SSSR count). The summed E-state index contributed by atoms with van der Waals surface area (Å²) in [6, 6.07) is 3.57. The number of amides is 1. The molecule has 0 aliphatic rings.